The van der Waals surface area contributed by atoms with Crippen LogP contribution in [0.3, 0.4) is 0 Å². The summed E-state index contributed by atoms with van der Waals surface area (Å²) in [4.78, 5) is 14.1. The van der Waals surface area contributed by atoms with Gasteiger partial charge >= 0.3 is 0 Å². The smallest absolute Gasteiger partial charge is 0.162 e. The first-order valence-corrected chi connectivity index (χ1v) is 3.36. The van der Waals surface area contributed by atoms with Crippen LogP contribution >= 0.6 is 0 Å². The second-order valence-corrected chi connectivity index (χ2v) is 2.88. The van der Waals surface area contributed by atoms with Crippen molar-refractivity contribution >= 4 is 0 Å². The summed E-state index contributed by atoms with van der Waals surface area (Å²) < 4.78 is 0. The van der Waals surface area contributed by atoms with Gasteiger partial charge in [0.25, 0.3) is 0 Å². The van der Waals surface area contributed by atoms with Crippen LogP contribution in [0.4, 0.5) is 0 Å². The second-order valence-electron chi connectivity index (χ2n) is 2.88. The Morgan fingerprint density at radius 2 is 1.64 bits per heavy atom. The molecule has 6 nitrogen and oxygen atoms in total. The first-order chi connectivity index (χ1) is 5.09. The first kappa shape index (κ1) is 8.22. The second kappa shape index (κ2) is 3.02. The van der Waals surface area contributed by atoms with Gasteiger partial charge in [0.1, 0.15) is 13.3 Å². The lowest BCUT2D eigenvalue weighted by atomic mass is 10.6. The topological polar surface area (TPSA) is 52.9 Å². The van der Waals surface area contributed by atoms with Gasteiger partial charge in [0.05, 0.1) is 6.67 Å². The molecule has 0 N–H and O–H groups in total. The Labute approximate surface area is 65.1 Å². The Kier molecular flexibility index (Phi) is 2.25. The average Bonchev–Trinajstić information content (AvgIpc) is 1.85. The molecule has 0 unspecified atom stereocenters. The minimum absolute atomic E-state index is 0.369. The first-order valence-electron chi connectivity index (χ1n) is 3.36. The van der Waals surface area contributed by atoms with E-state index in [0.29, 0.717) is 13.3 Å². The fourth-order valence-electron chi connectivity index (χ4n) is 1.21. The van der Waals surface area contributed by atoms with Gasteiger partial charge in [-0.05, 0) is 14.1 Å². The molecular formula is C5H12N4O2. The van der Waals surface area contributed by atoms with E-state index in [1.165, 1.54) is 5.01 Å². The largest absolute Gasteiger partial charge is 0.271 e. The average molecular weight is 160 g/mol. The van der Waals surface area contributed by atoms with Crippen LogP contribution in [0.1, 0.15) is 0 Å². The molecule has 64 valence electrons. The van der Waals surface area contributed by atoms with Crippen molar-refractivity contribution in [1.82, 2.24) is 14.8 Å². The molecule has 0 saturated carbocycles. The molecule has 1 fully saturated rings. The molecule has 6 heteroatoms. The standard InChI is InChI=1S/C5H12N4O2/c1-6-3-7(2)5-8(4-6)9(10)11/h3-5H2,1-2H3. The van der Waals surface area contributed by atoms with Gasteiger partial charge in [-0.1, -0.05) is 5.01 Å². The quantitative estimate of drug-likeness (QED) is 0.372. The molecule has 0 amide bonds. The van der Waals surface area contributed by atoms with Crippen molar-refractivity contribution in [2.75, 3.05) is 34.1 Å². The van der Waals surface area contributed by atoms with E-state index < -0.39 is 0 Å². The van der Waals surface area contributed by atoms with Crippen LogP contribution in [-0.2, 0) is 0 Å². The lowest BCUT2D eigenvalue weighted by molar-refractivity contribution is -0.668. The Morgan fingerprint density at radius 1 is 1.18 bits per heavy atom. The predicted molar refractivity (Wildman–Crippen MR) is 39.0 cm³/mol. The molecule has 1 heterocycles. The SMILES string of the molecule is CN1CN(C)CN([N+](=O)[O-])C1. The third kappa shape index (κ3) is 2.02. The molecule has 1 saturated heterocycles. The highest BCUT2D eigenvalue weighted by Gasteiger charge is 2.24. The molecule has 0 radical (unpaired) electrons. The summed E-state index contributed by atoms with van der Waals surface area (Å²) in [6, 6.07) is 0. The van der Waals surface area contributed by atoms with Crippen LogP contribution in [0.5, 0.6) is 0 Å². The van der Waals surface area contributed by atoms with E-state index in [1.54, 1.807) is 0 Å². The van der Waals surface area contributed by atoms with Crippen LogP contribution < -0.4 is 0 Å². The zero-order valence-corrected chi connectivity index (χ0v) is 6.73. The summed E-state index contributed by atoms with van der Waals surface area (Å²) in [6.07, 6.45) is 0. The number of nitro groups is 1. The molecule has 1 aliphatic rings. The third-order valence-electron chi connectivity index (χ3n) is 1.52. The normalized spacial score (nSPS) is 22.2. The van der Waals surface area contributed by atoms with Crippen molar-refractivity contribution in [2.45, 2.75) is 0 Å². The van der Waals surface area contributed by atoms with Crippen LogP contribution in [-0.4, -0.2) is 53.9 Å². The van der Waals surface area contributed by atoms with E-state index >= 15 is 0 Å². The summed E-state index contributed by atoms with van der Waals surface area (Å²) in [5.74, 6) is 0. The number of hydrogen-bond acceptors (Lipinski definition) is 4. The van der Waals surface area contributed by atoms with Gasteiger partial charge in [0.2, 0.25) is 0 Å². The van der Waals surface area contributed by atoms with E-state index in [2.05, 4.69) is 0 Å². The molecule has 1 rings (SSSR count). The summed E-state index contributed by atoms with van der Waals surface area (Å²) in [7, 11) is 3.71. The van der Waals surface area contributed by atoms with E-state index in [-0.39, 0.29) is 5.03 Å². The monoisotopic (exact) mass is 160 g/mol. The Balaban J connectivity index is 2.49. The van der Waals surface area contributed by atoms with Crippen LogP contribution in [0.2, 0.25) is 0 Å². The van der Waals surface area contributed by atoms with Gasteiger partial charge in [-0.15, -0.1) is 0 Å². The molecular weight excluding hydrogens is 148 g/mol. The van der Waals surface area contributed by atoms with Crippen molar-refractivity contribution in [2.24, 2.45) is 0 Å². The summed E-state index contributed by atoms with van der Waals surface area (Å²) in [5.41, 5.74) is 0. The molecule has 0 aromatic rings. The van der Waals surface area contributed by atoms with Crippen molar-refractivity contribution < 1.29 is 5.03 Å². The van der Waals surface area contributed by atoms with Crippen molar-refractivity contribution in [3.63, 3.8) is 0 Å². The molecule has 0 spiro atoms. The predicted octanol–water partition coefficient (Wildman–Crippen LogP) is -0.770. The molecule has 1 aliphatic heterocycles. The number of rotatable bonds is 1. The zero-order valence-electron chi connectivity index (χ0n) is 6.73. The molecule has 0 aromatic carbocycles. The highest BCUT2D eigenvalue weighted by Crippen LogP contribution is 2.01. The van der Waals surface area contributed by atoms with E-state index in [4.69, 9.17) is 0 Å². The minimum atomic E-state index is -0.369. The van der Waals surface area contributed by atoms with Crippen molar-refractivity contribution in [3.05, 3.63) is 10.1 Å². The lowest BCUT2D eigenvalue weighted by Crippen LogP contribution is -2.53. The molecule has 0 atom stereocenters. The van der Waals surface area contributed by atoms with Gasteiger partial charge < -0.3 is 0 Å². The molecule has 0 aromatic heterocycles. The van der Waals surface area contributed by atoms with Crippen molar-refractivity contribution in [1.29, 1.82) is 0 Å². The molecule has 0 bridgehead atoms. The lowest BCUT2D eigenvalue weighted by Gasteiger charge is -2.33. The fourth-order valence-corrected chi connectivity index (χ4v) is 1.21. The van der Waals surface area contributed by atoms with Gasteiger partial charge in [-0.2, -0.15) is 0 Å². The summed E-state index contributed by atoms with van der Waals surface area (Å²) >= 11 is 0. The Morgan fingerprint density at radius 3 is 2.00 bits per heavy atom. The van der Waals surface area contributed by atoms with E-state index in [1.807, 2.05) is 23.9 Å². The van der Waals surface area contributed by atoms with Crippen LogP contribution in [0.25, 0.3) is 0 Å². The maximum Gasteiger partial charge on any atom is 0.162 e. The van der Waals surface area contributed by atoms with Crippen LogP contribution in [0, 0.1) is 10.1 Å². The number of hydrazine groups is 1. The van der Waals surface area contributed by atoms with Crippen LogP contribution in [0.15, 0.2) is 0 Å². The van der Waals surface area contributed by atoms with Gasteiger partial charge in [-0.25, -0.2) is 10.1 Å². The van der Waals surface area contributed by atoms with Gasteiger partial charge in [-0.3, -0.25) is 9.80 Å². The molecule has 11 heavy (non-hydrogen) atoms. The summed E-state index contributed by atoms with van der Waals surface area (Å²) in [6.45, 7) is 1.58. The maximum absolute atomic E-state index is 10.3. The minimum Gasteiger partial charge on any atom is -0.271 e. The Bertz CT molecular complexity index is 153. The van der Waals surface area contributed by atoms with E-state index in [9.17, 15) is 10.1 Å². The number of nitrogens with zero attached hydrogens (tertiary/aromatic N) is 4. The van der Waals surface area contributed by atoms with E-state index in [0.717, 1.165) is 6.67 Å². The van der Waals surface area contributed by atoms with Crippen molar-refractivity contribution in [3.8, 4) is 0 Å². The maximum atomic E-state index is 10.3. The zero-order chi connectivity index (χ0) is 8.43. The third-order valence-corrected chi connectivity index (χ3v) is 1.52. The van der Waals surface area contributed by atoms with Gasteiger partial charge in [0.15, 0.2) is 5.03 Å². The summed E-state index contributed by atoms with van der Waals surface area (Å²) in [5, 5.41) is 11.1. The fraction of sp³-hybridized carbons (Fsp3) is 1.00. The highest BCUT2D eigenvalue weighted by molar-refractivity contribution is 4.56. The number of hydrogen-bond donors (Lipinski definition) is 0. The highest BCUT2D eigenvalue weighted by atomic mass is 16.7. The Hall–Kier alpha value is -0.880. The van der Waals surface area contributed by atoms with Gasteiger partial charge in [0, 0.05) is 0 Å². The molecule has 0 aliphatic carbocycles.